The Kier molecular flexibility index (Phi) is 3.82. The first-order valence-corrected chi connectivity index (χ1v) is 10.5. The van der Waals surface area contributed by atoms with E-state index >= 15 is 0 Å². The molecule has 24 heavy (non-hydrogen) atoms. The van der Waals surface area contributed by atoms with E-state index in [1.54, 1.807) is 0 Å². The molecule has 0 radical (unpaired) electrons. The van der Waals surface area contributed by atoms with Gasteiger partial charge >= 0.3 is 144 Å². The van der Waals surface area contributed by atoms with E-state index in [9.17, 15) is 26.4 Å². The Bertz CT molecular complexity index is 682. The van der Waals surface area contributed by atoms with Crippen molar-refractivity contribution in [2.24, 2.45) is 16.7 Å². The SMILES string of the molecule is CC1(C)[C@@H]2CC[C@@]1(C)C1(CNC(=O)O1)[C@H]2[Se]OS(=O)(=O)C(F)(F)F. The number of amides is 1. The molecule has 1 aliphatic heterocycles. The van der Waals surface area contributed by atoms with Crippen LogP contribution < -0.4 is 5.32 Å². The molecule has 11 heteroatoms. The monoisotopic (exact) mass is 437 g/mol. The summed E-state index contributed by atoms with van der Waals surface area (Å²) in [5.74, 6) is -0.0707. The van der Waals surface area contributed by atoms with Crippen LogP contribution in [0.25, 0.3) is 0 Å². The molecule has 1 N–H and O–H groups in total. The Labute approximate surface area is 144 Å². The van der Waals surface area contributed by atoms with Gasteiger partial charge in [-0.2, -0.15) is 0 Å². The number of alkyl carbamates (subject to hydrolysis) is 1. The van der Waals surface area contributed by atoms with Crippen molar-refractivity contribution in [2.75, 3.05) is 6.54 Å². The van der Waals surface area contributed by atoms with Crippen molar-refractivity contribution in [2.45, 2.75) is 49.5 Å². The van der Waals surface area contributed by atoms with Gasteiger partial charge in [0.25, 0.3) is 0 Å². The predicted molar refractivity (Wildman–Crippen MR) is 77.4 cm³/mol. The van der Waals surface area contributed by atoms with Crippen molar-refractivity contribution in [1.82, 2.24) is 5.32 Å². The van der Waals surface area contributed by atoms with Gasteiger partial charge in [0.05, 0.1) is 0 Å². The van der Waals surface area contributed by atoms with Crippen molar-refractivity contribution >= 4 is 31.5 Å². The molecule has 2 aliphatic carbocycles. The molecule has 4 atom stereocenters. The van der Waals surface area contributed by atoms with Gasteiger partial charge in [-0.3, -0.25) is 0 Å². The average Bonchev–Trinajstić information content (AvgIpc) is 2.95. The summed E-state index contributed by atoms with van der Waals surface area (Å²) in [6.07, 6.45) is 0.877. The number of rotatable bonds is 3. The summed E-state index contributed by atoms with van der Waals surface area (Å²) >= 11 is -1.33. The Morgan fingerprint density at radius 1 is 1.33 bits per heavy atom. The van der Waals surface area contributed by atoms with Crippen molar-refractivity contribution in [3.8, 4) is 0 Å². The van der Waals surface area contributed by atoms with Crippen molar-refractivity contribution < 1.29 is 34.4 Å². The molecule has 3 aliphatic rings. The fraction of sp³-hybridized carbons (Fsp3) is 0.923. The zero-order chi connectivity index (χ0) is 18.2. The van der Waals surface area contributed by atoms with Crippen LogP contribution in [0, 0.1) is 16.7 Å². The van der Waals surface area contributed by atoms with E-state index in [1.165, 1.54) is 0 Å². The maximum absolute atomic E-state index is 12.6. The van der Waals surface area contributed by atoms with Gasteiger partial charge in [-0.25, -0.2) is 0 Å². The van der Waals surface area contributed by atoms with E-state index in [4.69, 9.17) is 4.74 Å². The van der Waals surface area contributed by atoms with Gasteiger partial charge in [0.2, 0.25) is 0 Å². The zero-order valence-corrected chi connectivity index (χ0v) is 15.8. The van der Waals surface area contributed by atoms with Crippen molar-refractivity contribution in [3.63, 3.8) is 0 Å². The van der Waals surface area contributed by atoms with Crippen LogP contribution in [0.5, 0.6) is 0 Å². The molecule has 0 aromatic heterocycles. The van der Waals surface area contributed by atoms with Gasteiger partial charge < -0.3 is 0 Å². The molecule has 0 aromatic rings. The molecule has 1 amide bonds. The molecule has 1 saturated heterocycles. The Balaban J connectivity index is 1.94. The molecular weight excluding hydrogens is 418 g/mol. The standard InChI is InChI=1S/C13H18F3NO5SSe/c1-10(2)7-4-5-11(10,3)12(6-17-9(18)21-12)8(7)24-22-23(19,20)13(14,15)16/h7-8H,4-6H2,1-3H3,(H,17,18)/t7-,8+,11-,12?/m1/s1. The fourth-order valence-electron chi connectivity index (χ4n) is 4.65. The van der Waals surface area contributed by atoms with E-state index < -0.39 is 52.8 Å². The van der Waals surface area contributed by atoms with E-state index in [0.29, 0.717) is 0 Å². The summed E-state index contributed by atoms with van der Waals surface area (Å²) in [4.78, 5) is 11.1. The average molecular weight is 436 g/mol. The zero-order valence-electron chi connectivity index (χ0n) is 13.3. The summed E-state index contributed by atoms with van der Waals surface area (Å²) < 4.78 is 70.1. The predicted octanol–water partition coefficient (Wildman–Crippen LogP) is 2.20. The molecule has 2 bridgehead atoms. The summed E-state index contributed by atoms with van der Waals surface area (Å²) in [5.41, 5.74) is -7.25. The van der Waals surface area contributed by atoms with E-state index in [2.05, 4.69) is 8.58 Å². The normalized spacial score (nSPS) is 40.8. The summed E-state index contributed by atoms with van der Waals surface area (Å²) in [6.45, 7) is 6.10. The van der Waals surface area contributed by atoms with Crippen LogP contribution in [0.3, 0.4) is 0 Å². The first-order valence-electron chi connectivity index (χ1n) is 7.42. The minimum absolute atomic E-state index is 0.0707. The van der Waals surface area contributed by atoms with Crippen LogP contribution in [-0.2, 0) is 18.1 Å². The van der Waals surface area contributed by atoms with Gasteiger partial charge in [0.15, 0.2) is 0 Å². The number of hydrogen-bond acceptors (Lipinski definition) is 5. The fourth-order valence-corrected chi connectivity index (χ4v) is 9.01. The Hall–Kier alpha value is -0.511. The third kappa shape index (κ3) is 2.10. The van der Waals surface area contributed by atoms with Crippen LogP contribution in [0.2, 0.25) is 4.82 Å². The number of fused-ring (bicyclic) bond motifs is 3. The number of ether oxygens (including phenoxy) is 1. The van der Waals surface area contributed by atoms with Gasteiger partial charge in [-0.15, -0.1) is 0 Å². The number of carbonyl (C=O) groups excluding carboxylic acids is 1. The van der Waals surface area contributed by atoms with Crippen LogP contribution in [0.15, 0.2) is 0 Å². The molecule has 3 fully saturated rings. The van der Waals surface area contributed by atoms with Crippen LogP contribution in [0.1, 0.15) is 33.6 Å². The van der Waals surface area contributed by atoms with Crippen LogP contribution in [0.4, 0.5) is 18.0 Å². The number of nitrogens with one attached hydrogen (secondary N) is 1. The van der Waals surface area contributed by atoms with E-state index in [-0.39, 0.29) is 17.9 Å². The van der Waals surface area contributed by atoms with Crippen LogP contribution >= 0.6 is 0 Å². The molecule has 1 heterocycles. The molecule has 138 valence electrons. The number of halogens is 3. The van der Waals surface area contributed by atoms with E-state index in [0.717, 1.165) is 12.8 Å². The molecule has 1 unspecified atom stereocenters. The molecule has 0 aromatic carbocycles. The molecule has 2 saturated carbocycles. The summed E-state index contributed by atoms with van der Waals surface area (Å²) in [7, 11) is -5.65. The van der Waals surface area contributed by atoms with Gasteiger partial charge in [0, 0.05) is 0 Å². The first-order chi connectivity index (χ1) is 10.8. The third-order valence-corrected chi connectivity index (χ3v) is 10.7. The van der Waals surface area contributed by atoms with Crippen molar-refractivity contribution in [1.29, 1.82) is 0 Å². The maximum atomic E-state index is 12.6. The summed E-state index contributed by atoms with van der Waals surface area (Å²) in [6, 6.07) is 0. The van der Waals surface area contributed by atoms with E-state index in [1.807, 2.05) is 20.8 Å². The third-order valence-electron chi connectivity index (χ3n) is 6.35. The van der Waals surface area contributed by atoms with Crippen molar-refractivity contribution in [3.05, 3.63) is 0 Å². The topological polar surface area (TPSA) is 81.7 Å². The quantitative estimate of drug-likeness (QED) is 0.542. The van der Waals surface area contributed by atoms with Gasteiger partial charge in [-0.1, -0.05) is 0 Å². The van der Waals surface area contributed by atoms with Crippen LogP contribution in [-0.4, -0.2) is 47.5 Å². The number of alkyl halides is 3. The molecule has 3 rings (SSSR count). The molecule has 6 nitrogen and oxygen atoms in total. The van der Waals surface area contributed by atoms with Gasteiger partial charge in [0.1, 0.15) is 0 Å². The summed E-state index contributed by atoms with van der Waals surface area (Å²) in [5, 5.41) is 2.58. The second-order valence-electron chi connectivity index (χ2n) is 7.32. The number of hydrogen-bond donors (Lipinski definition) is 1. The minimum atomic E-state index is -5.65. The Morgan fingerprint density at radius 2 is 1.96 bits per heavy atom. The van der Waals surface area contributed by atoms with Gasteiger partial charge in [-0.05, 0) is 0 Å². The second-order valence-corrected chi connectivity index (χ2v) is 11.1. The number of carbonyl (C=O) groups is 1. The Morgan fingerprint density at radius 3 is 2.46 bits per heavy atom. The first kappa shape index (κ1) is 18.3. The molecular formula is C13H18F3NO5SSe. The molecule has 1 spiro atoms. The second kappa shape index (κ2) is 5.02.